The minimum atomic E-state index is -0.280. The van der Waals surface area contributed by atoms with E-state index in [0.717, 1.165) is 15.7 Å². The van der Waals surface area contributed by atoms with Gasteiger partial charge in [0.2, 0.25) is 0 Å². The Hall–Kier alpha value is -0.660. The minimum absolute atomic E-state index is 0.256. The molecule has 1 atom stereocenters. The summed E-state index contributed by atoms with van der Waals surface area (Å²) in [7, 11) is 0. The summed E-state index contributed by atoms with van der Waals surface area (Å²) in [5.41, 5.74) is 2.35. The normalized spacial score (nSPS) is 12.8. The van der Waals surface area contributed by atoms with E-state index in [1.54, 1.807) is 6.07 Å². The minimum Gasteiger partial charge on any atom is -0.295 e. The highest BCUT2D eigenvalue weighted by atomic mass is 127. The molecule has 0 saturated carbocycles. The van der Waals surface area contributed by atoms with Crippen molar-refractivity contribution in [1.29, 1.82) is 0 Å². The van der Waals surface area contributed by atoms with Crippen LogP contribution in [0.1, 0.15) is 18.1 Å². The van der Waals surface area contributed by atoms with E-state index in [1.165, 1.54) is 6.07 Å². The van der Waals surface area contributed by atoms with Crippen molar-refractivity contribution in [2.75, 3.05) is 0 Å². The average Bonchev–Trinajstić information content (AvgIpc) is 2.78. The van der Waals surface area contributed by atoms with Crippen LogP contribution in [0.3, 0.4) is 0 Å². The second-order valence-electron chi connectivity index (χ2n) is 4.66. The van der Waals surface area contributed by atoms with Crippen LogP contribution in [-0.2, 0) is 0 Å². The van der Waals surface area contributed by atoms with Crippen LogP contribution in [0.25, 0.3) is 16.7 Å². The molecule has 21 heavy (non-hydrogen) atoms. The highest BCUT2D eigenvalue weighted by molar-refractivity contribution is 14.1. The van der Waals surface area contributed by atoms with E-state index in [0.29, 0.717) is 14.9 Å². The van der Waals surface area contributed by atoms with Gasteiger partial charge in [-0.1, -0.05) is 22.0 Å². The van der Waals surface area contributed by atoms with Crippen molar-refractivity contribution in [3.8, 4) is 5.69 Å². The van der Waals surface area contributed by atoms with E-state index in [-0.39, 0.29) is 11.2 Å². The van der Waals surface area contributed by atoms with Gasteiger partial charge in [0.25, 0.3) is 0 Å². The second kappa shape index (κ2) is 5.85. The zero-order chi connectivity index (χ0) is 15.1. The molecule has 0 aliphatic rings. The van der Waals surface area contributed by atoms with Gasteiger partial charge in [0.1, 0.15) is 11.6 Å². The molecule has 2 nitrogen and oxygen atoms in total. The summed E-state index contributed by atoms with van der Waals surface area (Å²) >= 11 is 11.7. The second-order valence-corrected chi connectivity index (χ2v) is 7.39. The Labute approximate surface area is 148 Å². The lowest BCUT2D eigenvalue weighted by molar-refractivity contribution is 0.621. The molecule has 2 aromatic carbocycles. The molecule has 0 fully saturated rings. The molecule has 0 radical (unpaired) electrons. The molecule has 0 spiro atoms. The molecular formula is C15H10BrClFIN2. The Morgan fingerprint density at radius 2 is 2.10 bits per heavy atom. The van der Waals surface area contributed by atoms with Gasteiger partial charge in [-0.3, -0.25) is 4.57 Å². The fourth-order valence-electron chi connectivity index (χ4n) is 2.24. The molecule has 1 heterocycles. The van der Waals surface area contributed by atoms with E-state index in [4.69, 9.17) is 11.6 Å². The Balaban J connectivity index is 2.38. The maximum Gasteiger partial charge on any atom is 0.138 e. The maximum absolute atomic E-state index is 13.9. The standard InChI is InChI=1S/C15H10BrClFIN2/c1-8(17)15-20-13-7-12(19)11(18)6-14(13)21(15)10-4-2-3-9(16)5-10/h2-8H,1H3. The van der Waals surface area contributed by atoms with E-state index in [1.807, 2.05) is 58.3 Å². The van der Waals surface area contributed by atoms with E-state index >= 15 is 0 Å². The predicted molar refractivity (Wildman–Crippen MR) is 95.7 cm³/mol. The molecule has 3 aromatic rings. The maximum atomic E-state index is 13.9. The fourth-order valence-corrected chi connectivity index (χ4v) is 3.23. The predicted octanol–water partition coefficient (Wildman–Crippen LogP) is 5.83. The number of benzene rings is 2. The molecule has 3 rings (SSSR count). The van der Waals surface area contributed by atoms with Crippen LogP contribution in [0.2, 0.25) is 0 Å². The van der Waals surface area contributed by atoms with Crippen molar-refractivity contribution >= 4 is 61.2 Å². The third kappa shape index (κ3) is 2.83. The molecular weight excluding hydrogens is 469 g/mol. The van der Waals surface area contributed by atoms with Gasteiger partial charge >= 0.3 is 0 Å². The van der Waals surface area contributed by atoms with Crippen molar-refractivity contribution in [3.63, 3.8) is 0 Å². The van der Waals surface area contributed by atoms with Crippen molar-refractivity contribution in [2.45, 2.75) is 12.3 Å². The average molecular weight is 480 g/mol. The van der Waals surface area contributed by atoms with E-state index < -0.39 is 0 Å². The molecule has 0 aliphatic heterocycles. The monoisotopic (exact) mass is 478 g/mol. The van der Waals surface area contributed by atoms with Crippen molar-refractivity contribution in [1.82, 2.24) is 9.55 Å². The first kappa shape index (κ1) is 15.2. The number of aromatic nitrogens is 2. The third-order valence-corrected chi connectivity index (χ3v) is 4.66. The summed E-state index contributed by atoms with van der Waals surface area (Å²) in [6.07, 6.45) is 0. The van der Waals surface area contributed by atoms with Gasteiger partial charge in [0.15, 0.2) is 0 Å². The van der Waals surface area contributed by atoms with E-state index in [2.05, 4.69) is 20.9 Å². The van der Waals surface area contributed by atoms with Gasteiger partial charge in [-0.2, -0.15) is 0 Å². The van der Waals surface area contributed by atoms with Crippen LogP contribution in [0.15, 0.2) is 40.9 Å². The van der Waals surface area contributed by atoms with Crippen LogP contribution in [0.4, 0.5) is 4.39 Å². The van der Waals surface area contributed by atoms with Crippen LogP contribution in [0, 0.1) is 9.39 Å². The Bertz CT molecular complexity index is 832. The largest absolute Gasteiger partial charge is 0.295 e. The summed E-state index contributed by atoms with van der Waals surface area (Å²) in [5.74, 6) is 0.444. The van der Waals surface area contributed by atoms with Gasteiger partial charge in [-0.05, 0) is 53.8 Å². The summed E-state index contributed by atoms with van der Waals surface area (Å²) in [4.78, 5) is 4.56. The molecule has 0 amide bonds. The van der Waals surface area contributed by atoms with Crippen LogP contribution >= 0.6 is 50.1 Å². The van der Waals surface area contributed by atoms with Gasteiger partial charge in [0.05, 0.1) is 20.0 Å². The number of hydrogen-bond acceptors (Lipinski definition) is 1. The highest BCUT2D eigenvalue weighted by Crippen LogP contribution is 2.30. The third-order valence-electron chi connectivity index (χ3n) is 3.14. The summed E-state index contributed by atoms with van der Waals surface area (Å²) < 4.78 is 17.3. The van der Waals surface area contributed by atoms with Gasteiger partial charge in [-0.25, -0.2) is 9.37 Å². The molecule has 0 N–H and O–H groups in total. The number of nitrogens with zero attached hydrogens (tertiary/aromatic N) is 2. The van der Waals surface area contributed by atoms with Gasteiger partial charge in [-0.15, -0.1) is 11.6 Å². The van der Waals surface area contributed by atoms with Crippen molar-refractivity contribution in [3.05, 3.63) is 56.1 Å². The summed E-state index contributed by atoms with van der Waals surface area (Å²) in [6, 6.07) is 11.0. The molecule has 108 valence electrons. The van der Waals surface area contributed by atoms with Crippen LogP contribution in [0.5, 0.6) is 0 Å². The first-order valence-electron chi connectivity index (χ1n) is 6.25. The molecule has 1 aromatic heterocycles. The lowest BCUT2D eigenvalue weighted by atomic mass is 10.2. The first-order chi connectivity index (χ1) is 9.97. The highest BCUT2D eigenvalue weighted by Gasteiger charge is 2.18. The molecule has 0 bridgehead atoms. The van der Waals surface area contributed by atoms with E-state index in [9.17, 15) is 4.39 Å². The SMILES string of the molecule is CC(Cl)c1nc2cc(I)c(F)cc2n1-c1cccc(Br)c1. The van der Waals surface area contributed by atoms with Crippen molar-refractivity contribution < 1.29 is 4.39 Å². The van der Waals surface area contributed by atoms with Crippen LogP contribution in [-0.4, -0.2) is 9.55 Å². The molecule has 1 unspecified atom stereocenters. The topological polar surface area (TPSA) is 17.8 Å². The molecule has 6 heteroatoms. The Morgan fingerprint density at radius 3 is 2.76 bits per heavy atom. The Morgan fingerprint density at radius 1 is 1.33 bits per heavy atom. The summed E-state index contributed by atoms with van der Waals surface area (Å²) in [6.45, 7) is 1.86. The number of rotatable bonds is 2. The van der Waals surface area contributed by atoms with Gasteiger partial charge in [0, 0.05) is 16.2 Å². The lowest BCUT2D eigenvalue weighted by Gasteiger charge is -2.11. The zero-order valence-corrected chi connectivity index (χ0v) is 15.4. The number of fused-ring (bicyclic) bond motifs is 1. The van der Waals surface area contributed by atoms with Crippen LogP contribution < -0.4 is 0 Å². The molecule has 0 saturated heterocycles. The van der Waals surface area contributed by atoms with Gasteiger partial charge < -0.3 is 0 Å². The lowest BCUT2D eigenvalue weighted by Crippen LogP contribution is -2.02. The molecule has 0 aliphatic carbocycles. The first-order valence-corrected chi connectivity index (χ1v) is 8.55. The number of imidazole rings is 1. The number of alkyl halides is 1. The zero-order valence-electron chi connectivity index (χ0n) is 10.9. The summed E-state index contributed by atoms with van der Waals surface area (Å²) in [5, 5.41) is -0.280. The fraction of sp³-hybridized carbons (Fsp3) is 0.133. The Kier molecular flexibility index (Phi) is 4.25. The smallest absolute Gasteiger partial charge is 0.138 e. The number of hydrogen-bond donors (Lipinski definition) is 0. The quantitative estimate of drug-likeness (QED) is 0.334. The number of halogens is 4. The van der Waals surface area contributed by atoms with Crippen molar-refractivity contribution in [2.24, 2.45) is 0 Å².